The summed E-state index contributed by atoms with van der Waals surface area (Å²) in [7, 11) is 2.95. The van der Waals surface area contributed by atoms with Gasteiger partial charge in [-0.1, -0.05) is 29.8 Å². The van der Waals surface area contributed by atoms with Crippen LogP contribution >= 0.6 is 23.8 Å². The predicted octanol–water partition coefficient (Wildman–Crippen LogP) is 5.50. The molecule has 2 atom stereocenters. The Morgan fingerprint density at radius 2 is 1.86 bits per heavy atom. The van der Waals surface area contributed by atoms with Gasteiger partial charge in [0.05, 0.1) is 42.2 Å². The molecule has 36 heavy (non-hydrogen) atoms. The monoisotopic (exact) mass is 518 g/mol. The molecule has 182 valence electrons. The number of esters is 1. The molecule has 9 heteroatoms. The maximum Gasteiger partial charge on any atom is 0.339 e. The van der Waals surface area contributed by atoms with Crippen molar-refractivity contribution < 1.29 is 14.3 Å². The molecular weight excluding hydrogens is 496 g/mol. The van der Waals surface area contributed by atoms with Crippen molar-refractivity contribution in [2.75, 3.05) is 19.1 Å². The van der Waals surface area contributed by atoms with Gasteiger partial charge in [-0.25, -0.2) is 4.79 Å². The molecule has 0 saturated carbocycles. The molecule has 0 aliphatic carbocycles. The molecule has 0 bridgehead atoms. The van der Waals surface area contributed by atoms with Crippen LogP contribution in [0.25, 0.3) is 5.69 Å². The third-order valence-corrected chi connectivity index (χ3v) is 6.77. The molecule has 1 fully saturated rings. The summed E-state index contributed by atoms with van der Waals surface area (Å²) in [5.74, 6) is 0.164. The SMILES string of the molecule is COC(=O)c1ccccc1-n1cccc1[C@@H]1[C@@H](c2ccccn2)NC(=S)N1c1ccc(OC)c(Cl)c1. The quantitative estimate of drug-likeness (QED) is 0.267. The fourth-order valence-corrected chi connectivity index (χ4v) is 5.16. The number of methoxy groups -OCH3 is 2. The number of nitrogens with zero attached hydrogens (tertiary/aromatic N) is 3. The van der Waals surface area contributed by atoms with Gasteiger partial charge in [-0.15, -0.1) is 0 Å². The van der Waals surface area contributed by atoms with E-state index in [-0.39, 0.29) is 12.1 Å². The molecule has 0 unspecified atom stereocenters. The van der Waals surface area contributed by atoms with Gasteiger partial charge in [-0.05, 0) is 66.8 Å². The second kappa shape index (κ2) is 10.0. The van der Waals surface area contributed by atoms with Crippen molar-refractivity contribution in [3.05, 3.63) is 107 Å². The highest BCUT2D eigenvalue weighted by atomic mass is 35.5. The number of nitrogens with one attached hydrogen (secondary N) is 1. The largest absolute Gasteiger partial charge is 0.495 e. The van der Waals surface area contributed by atoms with E-state index >= 15 is 0 Å². The molecule has 1 aliphatic rings. The Labute approximate surface area is 219 Å². The van der Waals surface area contributed by atoms with Crippen molar-refractivity contribution in [3.63, 3.8) is 0 Å². The second-order valence-electron chi connectivity index (χ2n) is 8.13. The van der Waals surface area contributed by atoms with E-state index in [0.29, 0.717) is 27.1 Å². The Morgan fingerprint density at radius 1 is 1.06 bits per heavy atom. The fourth-order valence-electron chi connectivity index (χ4n) is 4.56. The second-order valence-corrected chi connectivity index (χ2v) is 8.92. The van der Waals surface area contributed by atoms with E-state index in [1.54, 1.807) is 19.4 Å². The summed E-state index contributed by atoms with van der Waals surface area (Å²) < 4.78 is 12.4. The van der Waals surface area contributed by atoms with Gasteiger partial charge in [0.1, 0.15) is 11.8 Å². The Balaban J connectivity index is 1.69. The van der Waals surface area contributed by atoms with Gasteiger partial charge in [0, 0.05) is 23.8 Å². The minimum Gasteiger partial charge on any atom is -0.495 e. The Morgan fingerprint density at radius 3 is 2.58 bits per heavy atom. The number of thiocarbonyl (C=S) groups is 1. The number of aromatic nitrogens is 2. The van der Waals surface area contributed by atoms with E-state index < -0.39 is 5.97 Å². The molecule has 0 amide bonds. The lowest BCUT2D eigenvalue weighted by atomic mass is 10.0. The van der Waals surface area contributed by atoms with Crippen LogP contribution in [0.4, 0.5) is 5.69 Å². The van der Waals surface area contributed by atoms with E-state index in [4.69, 9.17) is 33.3 Å². The number of hydrogen-bond donors (Lipinski definition) is 1. The van der Waals surface area contributed by atoms with Gasteiger partial charge in [0.25, 0.3) is 0 Å². The Hall–Kier alpha value is -3.88. The van der Waals surface area contributed by atoms with Crippen LogP contribution < -0.4 is 15.0 Å². The zero-order valence-electron chi connectivity index (χ0n) is 19.6. The molecule has 1 saturated heterocycles. The van der Waals surface area contributed by atoms with E-state index in [1.165, 1.54) is 7.11 Å². The molecule has 0 spiro atoms. The van der Waals surface area contributed by atoms with Crippen LogP contribution in [0.3, 0.4) is 0 Å². The molecule has 4 aromatic rings. The van der Waals surface area contributed by atoms with Gasteiger partial charge in [-0.2, -0.15) is 0 Å². The highest BCUT2D eigenvalue weighted by Gasteiger charge is 2.42. The van der Waals surface area contributed by atoms with E-state index in [0.717, 1.165) is 17.1 Å². The highest BCUT2D eigenvalue weighted by molar-refractivity contribution is 7.80. The van der Waals surface area contributed by atoms with Gasteiger partial charge >= 0.3 is 5.97 Å². The van der Waals surface area contributed by atoms with Crippen LogP contribution in [-0.2, 0) is 4.74 Å². The number of carbonyl (C=O) groups excluding carboxylic acids is 1. The highest BCUT2D eigenvalue weighted by Crippen LogP contribution is 2.43. The number of benzene rings is 2. The smallest absolute Gasteiger partial charge is 0.339 e. The van der Waals surface area contributed by atoms with Gasteiger partial charge in [-0.3, -0.25) is 4.98 Å². The molecule has 2 aromatic heterocycles. The van der Waals surface area contributed by atoms with Crippen LogP contribution in [0.1, 0.15) is 33.8 Å². The first-order chi connectivity index (χ1) is 17.5. The average molecular weight is 519 g/mol. The molecule has 2 aromatic carbocycles. The van der Waals surface area contributed by atoms with Crippen molar-refractivity contribution in [3.8, 4) is 11.4 Å². The van der Waals surface area contributed by atoms with E-state index in [2.05, 4.69) is 10.3 Å². The summed E-state index contributed by atoms with van der Waals surface area (Å²) in [6.45, 7) is 0. The molecule has 1 N–H and O–H groups in total. The molecular formula is C27H23ClN4O3S. The third kappa shape index (κ3) is 4.19. The van der Waals surface area contributed by atoms with Crippen molar-refractivity contribution in [1.29, 1.82) is 0 Å². The van der Waals surface area contributed by atoms with Gasteiger partial charge in [0.2, 0.25) is 0 Å². The van der Waals surface area contributed by atoms with Gasteiger partial charge in [0.15, 0.2) is 5.11 Å². The maximum absolute atomic E-state index is 12.6. The first kappa shape index (κ1) is 23.8. The Bertz CT molecular complexity index is 1430. The van der Waals surface area contributed by atoms with Crippen molar-refractivity contribution in [2.45, 2.75) is 12.1 Å². The predicted molar refractivity (Wildman–Crippen MR) is 143 cm³/mol. The lowest BCUT2D eigenvalue weighted by Crippen LogP contribution is -2.30. The lowest BCUT2D eigenvalue weighted by Gasteiger charge is -2.29. The van der Waals surface area contributed by atoms with Crippen LogP contribution in [0.5, 0.6) is 5.75 Å². The third-order valence-electron chi connectivity index (χ3n) is 6.16. The first-order valence-electron chi connectivity index (χ1n) is 11.2. The number of carbonyl (C=O) groups is 1. The minimum atomic E-state index is -0.412. The molecule has 1 aliphatic heterocycles. The summed E-state index contributed by atoms with van der Waals surface area (Å²) >= 11 is 12.3. The summed E-state index contributed by atoms with van der Waals surface area (Å²) in [5, 5.41) is 4.46. The van der Waals surface area contributed by atoms with E-state index in [9.17, 15) is 4.79 Å². The number of ether oxygens (including phenoxy) is 2. The summed E-state index contributed by atoms with van der Waals surface area (Å²) in [4.78, 5) is 19.2. The Kier molecular flexibility index (Phi) is 6.63. The number of hydrogen-bond acceptors (Lipinski definition) is 5. The van der Waals surface area contributed by atoms with Crippen LogP contribution in [0.2, 0.25) is 5.02 Å². The number of halogens is 1. The fraction of sp³-hybridized carbons (Fsp3) is 0.148. The number of anilines is 1. The van der Waals surface area contributed by atoms with Crippen molar-refractivity contribution >= 4 is 40.6 Å². The lowest BCUT2D eigenvalue weighted by molar-refractivity contribution is 0.0600. The number of rotatable bonds is 6. The number of pyridine rings is 1. The first-order valence-corrected chi connectivity index (χ1v) is 12.0. The molecule has 0 radical (unpaired) electrons. The minimum absolute atomic E-state index is 0.265. The maximum atomic E-state index is 12.6. The average Bonchev–Trinajstić information content (AvgIpc) is 3.52. The van der Waals surface area contributed by atoms with Crippen molar-refractivity contribution in [1.82, 2.24) is 14.9 Å². The zero-order valence-corrected chi connectivity index (χ0v) is 21.2. The standard InChI is InChI=1S/C27H23ClN4O3S/c1-34-23-13-12-17(16-19(23)28)32-25(24(30-27(32)36)20-9-5-6-14-29-20)22-11-7-15-31(22)21-10-4-3-8-18(21)26(33)35-2/h3-16,24-25H,1-2H3,(H,30,36)/t24-,25-/m1/s1. The topological polar surface area (TPSA) is 68.6 Å². The van der Waals surface area contributed by atoms with Crippen LogP contribution in [0, 0.1) is 0 Å². The molecule has 3 heterocycles. The van der Waals surface area contributed by atoms with Crippen LogP contribution in [0.15, 0.2) is 85.2 Å². The van der Waals surface area contributed by atoms with Gasteiger partial charge < -0.3 is 24.3 Å². The zero-order chi connectivity index (χ0) is 25.2. The normalized spacial score (nSPS) is 17.1. The molecule has 5 rings (SSSR count). The molecule has 7 nitrogen and oxygen atoms in total. The number of para-hydroxylation sites is 1. The summed E-state index contributed by atoms with van der Waals surface area (Å²) in [5.41, 5.74) is 3.70. The van der Waals surface area contributed by atoms with Crippen LogP contribution in [-0.4, -0.2) is 34.9 Å². The summed E-state index contributed by atoms with van der Waals surface area (Å²) in [6, 6.07) is 22.1. The summed E-state index contributed by atoms with van der Waals surface area (Å²) in [6.07, 6.45) is 3.68. The van der Waals surface area contributed by atoms with Crippen molar-refractivity contribution in [2.24, 2.45) is 0 Å². The van der Waals surface area contributed by atoms with E-state index in [1.807, 2.05) is 82.4 Å².